The highest BCUT2D eigenvalue weighted by molar-refractivity contribution is 7.89. The summed E-state index contributed by atoms with van der Waals surface area (Å²) in [6, 6.07) is 20.7. The lowest BCUT2D eigenvalue weighted by atomic mass is 10.1. The zero-order valence-corrected chi connectivity index (χ0v) is 20.3. The zero-order valence-electron chi connectivity index (χ0n) is 19.5. The molecule has 3 aromatic carbocycles. The van der Waals surface area contributed by atoms with Gasteiger partial charge in [0.05, 0.1) is 18.1 Å². The molecule has 35 heavy (non-hydrogen) atoms. The van der Waals surface area contributed by atoms with Crippen molar-refractivity contribution in [3.63, 3.8) is 0 Å². The van der Waals surface area contributed by atoms with Crippen LogP contribution in [-0.4, -0.2) is 49.5 Å². The summed E-state index contributed by atoms with van der Waals surface area (Å²) in [7, 11) is -3.54. The molecule has 0 spiro atoms. The highest BCUT2D eigenvalue weighted by Crippen LogP contribution is 2.31. The fourth-order valence-corrected chi connectivity index (χ4v) is 5.92. The third-order valence-electron chi connectivity index (χ3n) is 6.27. The number of rotatable bonds is 6. The highest BCUT2D eigenvalue weighted by Gasteiger charge is 2.25. The molecule has 8 heteroatoms. The molecule has 5 rings (SSSR count). The summed E-state index contributed by atoms with van der Waals surface area (Å²) in [5, 5.41) is 5.18. The van der Waals surface area contributed by atoms with Crippen LogP contribution in [0.2, 0.25) is 0 Å². The second-order valence-corrected chi connectivity index (χ2v) is 10.3. The minimum absolute atomic E-state index is 0.237. The first-order valence-electron chi connectivity index (χ1n) is 11.7. The Labute approximate surface area is 204 Å². The predicted octanol–water partition coefficient (Wildman–Crippen LogP) is 4.49. The monoisotopic (exact) mass is 489 g/mol. The summed E-state index contributed by atoms with van der Waals surface area (Å²) in [5.74, 6) is -0.256. The number of hydrogen-bond donors (Lipinski definition) is 1. The topological polar surface area (TPSA) is 80.6 Å². The number of amides is 1. The number of morpholine rings is 1. The van der Waals surface area contributed by atoms with Crippen LogP contribution in [-0.2, 0) is 26.1 Å². The molecule has 180 valence electrons. The molecular weight excluding hydrogens is 462 g/mol. The summed E-state index contributed by atoms with van der Waals surface area (Å²) in [5.41, 5.74) is 3.77. The van der Waals surface area contributed by atoms with Crippen molar-refractivity contribution in [1.82, 2.24) is 8.87 Å². The zero-order chi connectivity index (χ0) is 24.4. The summed E-state index contributed by atoms with van der Waals surface area (Å²) in [6.45, 7) is 4.51. The van der Waals surface area contributed by atoms with Crippen LogP contribution in [0, 0.1) is 0 Å². The van der Waals surface area contributed by atoms with E-state index in [1.165, 1.54) is 15.9 Å². The van der Waals surface area contributed by atoms with Crippen LogP contribution >= 0.6 is 0 Å². The van der Waals surface area contributed by atoms with Gasteiger partial charge < -0.3 is 14.6 Å². The number of para-hydroxylation sites is 1. The Morgan fingerprint density at radius 2 is 1.69 bits per heavy atom. The van der Waals surface area contributed by atoms with Crippen molar-refractivity contribution in [1.29, 1.82) is 0 Å². The summed E-state index contributed by atoms with van der Waals surface area (Å²) in [6.07, 6.45) is 3.12. The summed E-state index contributed by atoms with van der Waals surface area (Å²) in [4.78, 5) is 12.8. The molecule has 0 saturated carbocycles. The first kappa shape index (κ1) is 23.3. The van der Waals surface area contributed by atoms with Crippen LogP contribution in [0.25, 0.3) is 27.9 Å². The number of carbonyl (C=O) groups is 1. The van der Waals surface area contributed by atoms with E-state index in [2.05, 4.69) is 28.9 Å². The van der Waals surface area contributed by atoms with Crippen molar-refractivity contribution >= 4 is 49.5 Å². The Morgan fingerprint density at radius 1 is 0.971 bits per heavy atom. The van der Waals surface area contributed by atoms with Crippen LogP contribution < -0.4 is 5.32 Å². The Morgan fingerprint density at radius 3 is 2.43 bits per heavy atom. The van der Waals surface area contributed by atoms with Gasteiger partial charge in [0.25, 0.3) is 0 Å². The van der Waals surface area contributed by atoms with E-state index < -0.39 is 10.0 Å². The Balaban J connectivity index is 1.30. The highest BCUT2D eigenvalue weighted by atomic mass is 32.2. The lowest BCUT2D eigenvalue weighted by Crippen LogP contribution is -2.40. The Kier molecular flexibility index (Phi) is 6.42. The lowest BCUT2D eigenvalue weighted by Gasteiger charge is -2.26. The molecular formula is C27H27N3O4S. The number of benzene rings is 3. The van der Waals surface area contributed by atoms with Crippen molar-refractivity contribution < 1.29 is 17.9 Å². The number of aryl methyl sites for hydroxylation is 1. The molecule has 1 fully saturated rings. The van der Waals surface area contributed by atoms with Crippen molar-refractivity contribution in [3.8, 4) is 0 Å². The van der Waals surface area contributed by atoms with E-state index in [4.69, 9.17) is 4.74 Å². The number of sulfonamides is 1. The number of carbonyl (C=O) groups excluding carboxylic acids is 1. The summed E-state index contributed by atoms with van der Waals surface area (Å²) >= 11 is 0. The van der Waals surface area contributed by atoms with E-state index in [1.54, 1.807) is 30.3 Å². The van der Waals surface area contributed by atoms with Crippen molar-refractivity contribution in [2.24, 2.45) is 0 Å². The van der Waals surface area contributed by atoms with Gasteiger partial charge in [-0.15, -0.1) is 0 Å². The van der Waals surface area contributed by atoms with Gasteiger partial charge >= 0.3 is 0 Å². The van der Waals surface area contributed by atoms with Gasteiger partial charge in [-0.1, -0.05) is 30.3 Å². The molecule has 0 radical (unpaired) electrons. The first-order valence-corrected chi connectivity index (χ1v) is 13.1. The third kappa shape index (κ3) is 4.60. The lowest BCUT2D eigenvalue weighted by molar-refractivity contribution is -0.111. The number of anilines is 1. The molecule has 1 N–H and O–H groups in total. The van der Waals surface area contributed by atoms with Gasteiger partial charge in [0, 0.05) is 53.2 Å². The van der Waals surface area contributed by atoms with Crippen LogP contribution in [0.1, 0.15) is 12.5 Å². The smallest absolute Gasteiger partial charge is 0.248 e. The van der Waals surface area contributed by atoms with Gasteiger partial charge in [-0.2, -0.15) is 4.31 Å². The molecule has 0 bridgehead atoms. The minimum Gasteiger partial charge on any atom is -0.379 e. The fourth-order valence-electron chi connectivity index (χ4n) is 4.51. The van der Waals surface area contributed by atoms with Gasteiger partial charge in [0.1, 0.15) is 0 Å². The fraction of sp³-hybridized carbons (Fsp3) is 0.222. The number of fused-ring (bicyclic) bond motifs is 3. The predicted molar refractivity (Wildman–Crippen MR) is 139 cm³/mol. The van der Waals surface area contributed by atoms with Crippen molar-refractivity contribution in [2.45, 2.75) is 18.4 Å². The number of nitrogens with zero attached hydrogens (tertiary/aromatic N) is 2. The van der Waals surface area contributed by atoms with Crippen LogP contribution in [0.15, 0.2) is 77.7 Å². The van der Waals surface area contributed by atoms with Gasteiger partial charge in [-0.3, -0.25) is 4.79 Å². The summed E-state index contributed by atoms with van der Waals surface area (Å²) < 4.78 is 34.4. The van der Waals surface area contributed by atoms with E-state index in [0.29, 0.717) is 26.3 Å². The molecule has 1 aliphatic rings. The maximum atomic E-state index is 12.8. The number of hydrogen-bond acceptors (Lipinski definition) is 4. The molecule has 1 amide bonds. The first-order chi connectivity index (χ1) is 17.0. The Bertz CT molecular complexity index is 1520. The third-order valence-corrected chi connectivity index (χ3v) is 8.18. The minimum atomic E-state index is -3.54. The molecule has 2 heterocycles. The van der Waals surface area contributed by atoms with E-state index in [0.717, 1.165) is 34.1 Å². The maximum Gasteiger partial charge on any atom is 0.248 e. The van der Waals surface area contributed by atoms with Crippen LogP contribution in [0.5, 0.6) is 0 Å². The van der Waals surface area contributed by atoms with Gasteiger partial charge in [-0.25, -0.2) is 8.42 Å². The average Bonchev–Trinajstić information content (AvgIpc) is 3.21. The quantitative estimate of drug-likeness (QED) is 0.405. The maximum absolute atomic E-state index is 12.8. The molecule has 0 atom stereocenters. The van der Waals surface area contributed by atoms with E-state index in [-0.39, 0.29) is 10.8 Å². The molecule has 1 aliphatic heterocycles. The normalized spacial score (nSPS) is 15.2. The van der Waals surface area contributed by atoms with Gasteiger partial charge in [0.2, 0.25) is 15.9 Å². The van der Waals surface area contributed by atoms with E-state index in [1.807, 2.05) is 30.3 Å². The Hall–Kier alpha value is -3.46. The molecule has 4 aromatic rings. The molecule has 1 aromatic heterocycles. The number of nitrogens with one attached hydrogen (secondary N) is 1. The molecule has 7 nitrogen and oxygen atoms in total. The standard InChI is InChI=1S/C27H27N3O4S/c1-2-30-25-6-4-3-5-23(25)24-19-21(10-13-26(24)30)28-27(31)14-9-20-7-11-22(12-8-20)35(32,33)29-15-17-34-18-16-29/h3-14,19H,2,15-18H2,1H3,(H,28,31). The van der Waals surface area contributed by atoms with Gasteiger partial charge in [0.15, 0.2) is 0 Å². The molecule has 0 unspecified atom stereocenters. The second-order valence-electron chi connectivity index (χ2n) is 8.40. The largest absolute Gasteiger partial charge is 0.379 e. The van der Waals surface area contributed by atoms with E-state index in [9.17, 15) is 13.2 Å². The van der Waals surface area contributed by atoms with Crippen molar-refractivity contribution in [2.75, 3.05) is 31.6 Å². The molecule has 0 aliphatic carbocycles. The van der Waals surface area contributed by atoms with Crippen LogP contribution in [0.3, 0.4) is 0 Å². The number of aromatic nitrogens is 1. The molecule has 1 saturated heterocycles. The van der Waals surface area contributed by atoms with Gasteiger partial charge in [-0.05, 0) is 55.0 Å². The average molecular weight is 490 g/mol. The SMILES string of the molecule is CCn1c2ccccc2c2cc(NC(=O)C=Cc3ccc(S(=O)(=O)N4CCOCC4)cc3)ccc21. The van der Waals surface area contributed by atoms with Crippen molar-refractivity contribution in [3.05, 3.63) is 78.4 Å². The van der Waals surface area contributed by atoms with Crippen LogP contribution in [0.4, 0.5) is 5.69 Å². The number of ether oxygens (including phenoxy) is 1. The van der Waals surface area contributed by atoms with E-state index >= 15 is 0 Å². The second kappa shape index (κ2) is 9.65.